The molecule has 1 heterocycles. The summed E-state index contributed by atoms with van der Waals surface area (Å²) in [5.41, 5.74) is 4.84. The number of ether oxygens (including phenoxy) is 1. The maximum Gasteiger partial charge on any atom is 0.433 e. The lowest BCUT2D eigenvalue weighted by Gasteiger charge is -2.12. The SMILES string of the molecule is O=C(/N=C/c1cccs1)OCC1c2ccccc2-c2ccccc21. The molecule has 4 rings (SSSR count). The molecular formula is C20H15NO2S. The van der Waals surface area contributed by atoms with Gasteiger partial charge in [0.1, 0.15) is 6.61 Å². The van der Waals surface area contributed by atoms with Crippen molar-refractivity contribution < 1.29 is 9.53 Å². The summed E-state index contributed by atoms with van der Waals surface area (Å²) in [5.74, 6) is 0.0679. The third kappa shape index (κ3) is 2.76. The molecule has 0 unspecified atom stereocenters. The van der Waals surface area contributed by atoms with Crippen LogP contribution in [-0.2, 0) is 4.74 Å². The van der Waals surface area contributed by atoms with Gasteiger partial charge in [0.2, 0.25) is 0 Å². The van der Waals surface area contributed by atoms with Crippen molar-refractivity contribution in [3.8, 4) is 11.1 Å². The third-order valence-electron chi connectivity index (χ3n) is 4.18. The van der Waals surface area contributed by atoms with E-state index in [1.807, 2.05) is 41.8 Å². The summed E-state index contributed by atoms with van der Waals surface area (Å²) in [6.45, 7) is 0.300. The Morgan fingerprint density at radius 1 is 1.00 bits per heavy atom. The van der Waals surface area contributed by atoms with Gasteiger partial charge in [-0.15, -0.1) is 11.3 Å². The molecule has 1 aromatic heterocycles. The Labute approximate surface area is 144 Å². The molecule has 1 aliphatic carbocycles. The molecule has 0 radical (unpaired) electrons. The lowest BCUT2D eigenvalue weighted by molar-refractivity contribution is 0.154. The number of benzene rings is 2. The van der Waals surface area contributed by atoms with E-state index >= 15 is 0 Å². The van der Waals surface area contributed by atoms with Crippen LogP contribution >= 0.6 is 11.3 Å². The molecule has 0 bridgehead atoms. The summed E-state index contributed by atoms with van der Waals surface area (Å²) >= 11 is 1.53. The Hall–Kier alpha value is -2.72. The minimum Gasteiger partial charge on any atom is -0.447 e. The predicted octanol–water partition coefficient (Wildman–Crippen LogP) is 5.12. The predicted molar refractivity (Wildman–Crippen MR) is 97.0 cm³/mol. The Balaban J connectivity index is 1.51. The molecule has 1 amide bonds. The van der Waals surface area contributed by atoms with Crippen molar-refractivity contribution in [2.45, 2.75) is 5.92 Å². The Kier molecular flexibility index (Phi) is 3.97. The van der Waals surface area contributed by atoms with Crippen LogP contribution in [0, 0.1) is 0 Å². The summed E-state index contributed by atoms with van der Waals surface area (Å²) in [6, 6.07) is 20.4. The molecule has 0 saturated carbocycles. The van der Waals surface area contributed by atoms with E-state index in [9.17, 15) is 4.79 Å². The molecular weight excluding hydrogens is 318 g/mol. The Morgan fingerprint density at radius 2 is 1.67 bits per heavy atom. The maximum absolute atomic E-state index is 11.9. The number of rotatable bonds is 3. The number of fused-ring (bicyclic) bond motifs is 3. The largest absolute Gasteiger partial charge is 0.447 e. The van der Waals surface area contributed by atoms with Crippen molar-refractivity contribution in [3.63, 3.8) is 0 Å². The molecule has 4 heteroatoms. The topological polar surface area (TPSA) is 38.7 Å². The summed E-state index contributed by atoms with van der Waals surface area (Å²) in [7, 11) is 0. The summed E-state index contributed by atoms with van der Waals surface area (Å²) < 4.78 is 5.41. The first kappa shape index (κ1) is 14.8. The van der Waals surface area contributed by atoms with E-state index in [0.29, 0.717) is 6.61 Å². The lowest BCUT2D eigenvalue weighted by Crippen LogP contribution is -2.10. The zero-order chi connectivity index (χ0) is 16.4. The maximum atomic E-state index is 11.9. The molecule has 118 valence electrons. The third-order valence-corrected chi connectivity index (χ3v) is 4.98. The fourth-order valence-electron chi connectivity index (χ4n) is 3.11. The van der Waals surface area contributed by atoms with E-state index in [-0.39, 0.29) is 5.92 Å². The fourth-order valence-corrected chi connectivity index (χ4v) is 3.70. The van der Waals surface area contributed by atoms with Crippen molar-refractivity contribution >= 4 is 23.6 Å². The van der Waals surface area contributed by atoms with Crippen molar-refractivity contribution in [3.05, 3.63) is 82.0 Å². The van der Waals surface area contributed by atoms with E-state index in [1.54, 1.807) is 6.21 Å². The molecule has 0 spiro atoms. The number of thiophene rings is 1. The van der Waals surface area contributed by atoms with Gasteiger partial charge in [0.25, 0.3) is 0 Å². The number of nitrogens with zero attached hydrogens (tertiary/aromatic N) is 1. The first-order chi connectivity index (χ1) is 11.8. The van der Waals surface area contributed by atoms with Crippen LogP contribution in [0.4, 0.5) is 4.79 Å². The number of hydrogen-bond donors (Lipinski definition) is 0. The summed E-state index contributed by atoms with van der Waals surface area (Å²) in [6.07, 6.45) is 0.994. The molecule has 0 fully saturated rings. The number of aliphatic imine (C=N–C) groups is 1. The van der Waals surface area contributed by atoms with Crippen LogP contribution in [0.3, 0.4) is 0 Å². The van der Waals surface area contributed by atoms with Crippen LogP contribution < -0.4 is 0 Å². The van der Waals surface area contributed by atoms with Gasteiger partial charge < -0.3 is 4.74 Å². The first-order valence-electron chi connectivity index (χ1n) is 7.75. The normalized spacial score (nSPS) is 13.0. The average molecular weight is 333 g/mol. The van der Waals surface area contributed by atoms with Gasteiger partial charge in [0.05, 0.1) is 6.21 Å². The molecule has 0 saturated heterocycles. The monoisotopic (exact) mass is 333 g/mol. The van der Waals surface area contributed by atoms with Gasteiger partial charge in [-0.2, -0.15) is 4.99 Å². The van der Waals surface area contributed by atoms with E-state index in [1.165, 1.54) is 33.6 Å². The second-order valence-electron chi connectivity index (χ2n) is 5.58. The molecule has 0 aliphatic heterocycles. The highest BCUT2D eigenvalue weighted by atomic mass is 32.1. The zero-order valence-electron chi connectivity index (χ0n) is 12.9. The van der Waals surface area contributed by atoms with Crippen LogP contribution in [0.25, 0.3) is 11.1 Å². The number of amides is 1. The Bertz CT molecular complexity index is 854. The smallest absolute Gasteiger partial charge is 0.433 e. The van der Waals surface area contributed by atoms with Crippen LogP contribution in [0.2, 0.25) is 0 Å². The van der Waals surface area contributed by atoms with E-state index in [2.05, 4.69) is 29.3 Å². The minimum absolute atomic E-state index is 0.0679. The number of carbonyl (C=O) groups is 1. The zero-order valence-corrected chi connectivity index (χ0v) is 13.7. The molecule has 0 N–H and O–H groups in total. The molecule has 0 atom stereocenters. The quantitative estimate of drug-likeness (QED) is 0.624. The van der Waals surface area contributed by atoms with Crippen molar-refractivity contribution in [2.75, 3.05) is 6.61 Å². The summed E-state index contributed by atoms with van der Waals surface area (Å²) in [4.78, 5) is 16.7. The molecule has 3 aromatic rings. The van der Waals surface area contributed by atoms with E-state index in [0.717, 1.165) is 4.88 Å². The van der Waals surface area contributed by atoms with Crippen molar-refractivity contribution in [2.24, 2.45) is 4.99 Å². The second kappa shape index (κ2) is 6.42. The van der Waals surface area contributed by atoms with Gasteiger partial charge in [-0.05, 0) is 33.7 Å². The van der Waals surface area contributed by atoms with Gasteiger partial charge in [0, 0.05) is 10.8 Å². The van der Waals surface area contributed by atoms with E-state index < -0.39 is 6.09 Å². The fraction of sp³-hybridized carbons (Fsp3) is 0.100. The van der Waals surface area contributed by atoms with E-state index in [4.69, 9.17) is 4.74 Å². The summed E-state index contributed by atoms with van der Waals surface area (Å²) in [5, 5.41) is 1.94. The van der Waals surface area contributed by atoms with Gasteiger partial charge in [-0.3, -0.25) is 0 Å². The molecule has 3 nitrogen and oxygen atoms in total. The van der Waals surface area contributed by atoms with Crippen LogP contribution in [-0.4, -0.2) is 18.9 Å². The van der Waals surface area contributed by atoms with Crippen molar-refractivity contribution in [1.82, 2.24) is 0 Å². The average Bonchev–Trinajstić information content (AvgIpc) is 3.25. The van der Waals surface area contributed by atoms with Crippen LogP contribution in [0.5, 0.6) is 0 Å². The highest BCUT2D eigenvalue weighted by Gasteiger charge is 2.28. The highest BCUT2D eigenvalue weighted by molar-refractivity contribution is 7.11. The van der Waals surface area contributed by atoms with Gasteiger partial charge in [0.15, 0.2) is 0 Å². The van der Waals surface area contributed by atoms with Crippen LogP contribution in [0.1, 0.15) is 21.9 Å². The standard InChI is InChI=1S/C20H15NO2S/c22-20(21-12-14-6-5-11-24-14)23-13-19-17-9-3-1-7-15(17)16-8-2-4-10-18(16)19/h1-12,19H,13H2/b21-12+. The highest BCUT2D eigenvalue weighted by Crippen LogP contribution is 2.44. The van der Waals surface area contributed by atoms with Gasteiger partial charge in [-0.1, -0.05) is 54.6 Å². The Morgan fingerprint density at radius 3 is 2.29 bits per heavy atom. The van der Waals surface area contributed by atoms with Crippen molar-refractivity contribution in [1.29, 1.82) is 0 Å². The molecule has 2 aromatic carbocycles. The first-order valence-corrected chi connectivity index (χ1v) is 8.63. The number of carbonyl (C=O) groups excluding carboxylic acids is 1. The van der Waals surface area contributed by atoms with Gasteiger partial charge >= 0.3 is 6.09 Å². The molecule has 24 heavy (non-hydrogen) atoms. The number of hydrogen-bond acceptors (Lipinski definition) is 3. The molecule has 1 aliphatic rings. The minimum atomic E-state index is -0.551. The lowest BCUT2D eigenvalue weighted by atomic mass is 9.98. The second-order valence-corrected chi connectivity index (χ2v) is 6.56. The van der Waals surface area contributed by atoms with Gasteiger partial charge in [-0.25, -0.2) is 4.79 Å². The van der Waals surface area contributed by atoms with Crippen LogP contribution in [0.15, 0.2) is 71.0 Å².